The van der Waals surface area contributed by atoms with Crippen molar-refractivity contribution >= 4 is 10.9 Å². The van der Waals surface area contributed by atoms with Crippen LogP contribution < -0.4 is 0 Å². The molecule has 1 fully saturated rings. The Bertz CT molecular complexity index is 899. The van der Waals surface area contributed by atoms with Crippen LogP contribution in [0, 0.1) is 5.82 Å². The Kier molecular flexibility index (Phi) is 6.21. The molecule has 0 radical (unpaired) electrons. The molecule has 2 aliphatic rings. The Morgan fingerprint density at radius 1 is 0.929 bits per heavy atom. The molecule has 5 rings (SSSR count). The van der Waals surface area contributed by atoms with Crippen molar-refractivity contribution in [1.29, 1.82) is 0 Å². The second kappa shape index (κ2) is 8.46. The summed E-state index contributed by atoms with van der Waals surface area (Å²) in [5.74, 6) is 0.397. The molecule has 0 aliphatic carbocycles. The number of aromatic nitrogens is 1. The number of hydrogen-bond acceptors (Lipinski definition) is 2. The second-order valence-corrected chi connectivity index (χ2v) is 7.72. The standard InChI is InChI=1S/C22H24FN3.2CH4/c23-19-5-6-20-21(12-24-22(20)11-19)16-7-9-25(10-8-16)15-26-13-17-3-1-2-4-18(17)14-26;;/h1-6,11-12,16,24H,7-10,13-15H2;2*1H4. The van der Waals surface area contributed by atoms with E-state index in [9.17, 15) is 4.39 Å². The van der Waals surface area contributed by atoms with Crippen LogP contribution in [0.1, 0.15) is 50.3 Å². The molecule has 0 spiro atoms. The lowest BCUT2D eigenvalue weighted by Crippen LogP contribution is -2.40. The molecule has 0 bridgehead atoms. The maximum atomic E-state index is 13.4. The Morgan fingerprint density at radius 2 is 1.61 bits per heavy atom. The van der Waals surface area contributed by atoms with Crippen molar-refractivity contribution in [2.75, 3.05) is 19.8 Å². The van der Waals surface area contributed by atoms with Gasteiger partial charge >= 0.3 is 0 Å². The van der Waals surface area contributed by atoms with Crippen LogP contribution in [0.5, 0.6) is 0 Å². The third kappa shape index (κ3) is 3.85. The molecule has 1 N–H and O–H groups in total. The molecular weight excluding hydrogens is 349 g/mol. The molecule has 3 heterocycles. The topological polar surface area (TPSA) is 22.3 Å². The molecule has 0 amide bonds. The van der Waals surface area contributed by atoms with Crippen LogP contribution in [0.3, 0.4) is 0 Å². The summed E-state index contributed by atoms with van der Waals surface area (Å²) in [6.07, 6.45) is 4.43. The number of nitrogens with one attached hydrogen (secondary N) is 1. The molecule has 3 nitrogen and oxygen atoms in total. The van der Waals surface area contributed by atoms with Gasteiger partial charge in [0, 0.05) is 30.2 Å². The lowest BCUT2D eigenvalue weighted by molar-refractivity contribution is 0.106. The number of nitrogens with zero attached hydrogens (tertiary/aromatic N) is 2. The van der Waals surface area contributed by atoms with E-state index in [4.69, 9.17) is 0 Å². The van der Waals surface area contributed by atoms with Gasteiger partial charge in [-0.05, 0) is 66.7 Å². The number of hydrogen-bond donors (Lipinski definition) is 1. The van der Waals surface area contributed by atoms with Crippen LogP contribution in [0.15, 0.2) is 48.7 Å². The van der Waals surface area contributed by atoms with Crippen molar-refractivity contribution in [1.82, 2.24) is 14.8 Å². The van der Waals surface area contributed by atoms with Gasteiger partial charge in [-0.3, -0.25) is 9.80 Å². The van der Waals surface area contributed by atoms with Gasteiger partial charge in [-0.15, -0.1) is 0 Å². The molecule has 2 aliphatic heterocycles. The summed E-state index contributed by atoms with van der Waals surface area (Å²) in [5.41, 5.74) is 5.23. The monoisotopic (exact) mass is 381 g/mol. The Labute approximate surface area is 168 Å². The number of piperidine rings is 1. The molecule has 0 unspecified atom stereocenters. The third-order valence-electron chi connectivity index (χ3n) is 6.01. The maximum Gasteiger partial charge on any atom is 0.125 e. The molecule has 1 aromatic heterocycles. The molecular formula is C24H32FN3. The van der Waals surface area contributed by atoms with Crippen LogP contribution in [0.2, 0.25) is 0 Å². The summed E-state index contributed by atoms with van der Waals surface area (Å²) in [5, 5.41) is 1.18. The van der Waals surface area contributed by atoms with E-state index in [0.717, 1.165) is 38.4 Å². The minimum Gasteiger partial charge on any atom is -0.361 e. The molecule has 4 heteroatoms. The van der Waals surface area contributed by atoms with E-state index in [2.05, 4.69) is 45.2 Å². The zero-order valence-electron chi connectivity index (χ0n) is 14.9. The number of rotatable bonds is 3. The van der Waals surface area contributed by atoms with Gasteiger partial charge in [-0.25, -0.2) is 4.39 Å². The predicted molar refractivity (Wildman–Crippen MR) is 116 cm³/mol. The highest BCUT2D eigenvalue weighted by Crippen LogP contribution is 2.34. The number of benzene rings is 2. The number of halogens is 1. The van der Waals surface area contributed by atoms with E-state index < -0.39 is 0 Å². The fraction of sp³-hybridized carbons (Fsp3) is 0.417. The van der Waals surface area contributed by atoms with E-state index in [1.165, 1.54) is 34.9 Å². The van der Waals surface area contributed by atoms with Crippen LogP contribution in [-0.4, -0.2) is 34.5 Å². The van der Waals surface area contributed by atoms with Gasteiger partial charge in [0.05, 0.1) is 6.67 Å². The van der Waals surface area contributed by atoms with Crippen molar-refractivity contribution in [3.05, 3.63) is 71.2 Å². The average Bonchev–Trinajstić information content (AvgIpc) is 3.25. The first-order valence-corrected chi connectivity index (χ1v) is 9.54. The van der Waals surface area contributed by atoms with Crippen molar-refractivity contribution in [3.8, 4) is 0 Å². The van der Waals surface area contributed by atoms with E-state index >= 15 is 0 Å². The quantitative estimate of drug-likeness (QED) is 0.626. The van der Waals surface area contributed by atoms with Crippen molar-refractivity contribution in [3.63, 3.8) is 0 Å². The molecule has 28 heavy (non-hydrogen) atoms. The van der Waals surface area contributed by atoms with E-state index in [1.807, 2.05) is 6.07 Å². The van der Waals surface area contributed by atoms with Crippen molar-refractivity contribution in [2.45, 2.75) is 46.7 Å². The molecule has 150 valence electrons. The zero-order chi connectivity index (χ0) is 17.5. The second-order valence-electron chi connectivity index (χ2n) is 7.72. The summed E-state index contributed by atoms with van der Waals surface area (Å²) in [7, 11) is 0. The van der Waals surface area contributed by atoms with Gasteiger partial charge in [-0.2, -0.15) is 0 Å². The summed E-state index contributed by atoms with van der Waals surface area (Å²) in [6, 6.07) is 13.9. The van der Waals surface area contributed by atoms with E-state index in [0.29, 0.717) is 5.92 Å². The lowest BCUT2D eigenvalue weighted by Gasteiger charge is -2.34. The van der Waals surface area contributed by atoms with Gasteiger partial charge in [0.25, 0.3) is 0 Å². The predicted octanol–water partition coefficient (Wildman–Crippen LogP) is 5.73. The van der Waals surface area contributed by atoms with Crippen LogP contribution >= 0.6 is 0 Å². The van der Waals surface area contributed by atoms with Gasteiger partial charge in [0.15, 0.2) is 0 Å². The molecule has 1 saturated heterocycles. The molecule has 3 aromatic rings. The lowest BCUT2D eigenvalue weighted by atomic mass is 9.89. The third-order valence-corrected chi connectivity index (χ3v) is 6.01. The Hall–Kier alpha value is -2.17. The first kappa shape index (κ1) is 20.6. The molecule has 0 atom stereocenters. The van der Waals surface area contributed by atoms with Gasteiger partial charge in [0.1, 0.15) is 5.82 Å². The minimum absolute atomic E-state index is 0. The number of aromatic amines is 1. The SMILES string of the molecule is C.C.Fc1ccc2c(C3CCN(CN4Cc5ccccc5C4)CC3)c[nH]c2c1. The maximum absolute atomic E-state index is 13.4. The fourth-order valence-corrected chi connectivity index (χ4v) is 4.63. The number of fused-ring (bicyclic) bond motifs is 2. The first-order chi connectivity index (χ1) is 12.8. The smallest absolute Gasteiger partial charge is 0.125 e. The van der Waals surface area contributed by atoms with Gasteiger partial charge < -0.3 is 4.98 Å². The molecule has 2 aromatic carbocycles. The normalized spacial score (nSPS) is 17.9. The zero-order valence-corrected chi connectivity index (χ0v) is 14.9. The minimum atomic E-state index is -0.174. The Morgan fingerprint density at radius 3 is 2.29 bits per heavy atom. The highest BCUT2D eigenvalue weighted by Gasteiger charge is 2.26. The number of likely N-dealkylation sites (tertiary alicyclic amines) is 1. The first-order valence-electron chi connectivity index (χ1n) is 9.54. The van der Waals surface area contributed by atoms with Crippen LogP contribution in [0.25, 0.3) is 10.9 Å². The van der Waals surface area contributed by atoms with Gasteiger partial charge in [0.2, 0.25) is 0 Å². The molecule has 0 saturated carbocycles. The van der Waals surface area contributed by atoms with E-state index in [-0.39, 0.29) is 20.7 Å². The highest BCUT2D eigenvalue weighted by atomic mass is 19.1. The van der Waals surface area contributed by atoms with Gasteiger partial charge in [-0.1, -0.05) is 39.1 Å². The van der Waals surface area contributed by atoms with Crippen LogP contribution in [-0.2, 0) is 13.1 Å². The summed E-state index contributed by atoms with van der Waals surface area (Å²) in [4.78, 5) is 8.37. The fourth-order valence-electron chi connectivity index (χ4n) is 4.63. The van der Waals surface area contributed by atoms with Crippen molar-refractivity contribution < 1.29 is 4.39 Å². The van der Waals surface area contributed by atoms with Crippen molar-refractivity contribution in [2.24, 2.45) is 0 Å². The largest absolute Gasteiger partial charge is 0.361 e. The van der Waals surface area contributed by atoms with Crippen LogP contribution in [0.4, 0.5) is 4.39 Å². The summed E-state index contributed by atoms with van der Waals surface area (Å²) < 4.78 is 13.4. The van der Waals surface area contributed by atoms with E-state index in [1.54, 1.807) is 12.1 Å². The highest BCUT2D eigenvalue weighted by molar-refractivity contribution is 5.83. The summed E-state index contributed by atoms with van der Waals surface area (Å²) >= 11 is 0. The number of H-pyrrole nitrogens is 1. The summed E-state index contributed by atoms with van der Waals surface area (Å²) in [6.45, 7) is 5.46. The Balaban J connectivity index is 0.00000112. The average molecular weight is 382 g/mol.